The summed E-state index contributed by atoms with van der Waals surface area (Å²) in [5, 5.41) is 0.882. The summed E-state index contributed by atoms with van der Waals surface area (Å²) in [5.74, 6) is 0.554. The van der Waals surface area contributed by atoms with Crippen LogP contribution in [0.25, 0.3) is 33.3 Å². The van der Waals surface area contributed by atoms with Crippen molar-refractivity contribution in [2.24, 2.45) is 0 Å². The Morgan fingerprint density at radius 1 is 0.943 bits per heavy atom. The number of pyridine rings is 2. The lowest BCUT2D eigenvalue weighted by molar-refractivity contribution is 0.0311. The van der Waals surface area contributed by atoms with Gasteiger partial charge in [0.15, 0.2) is 0 Å². The Balaban J connectivity index is 1.50. The van der Waals surface area contributed by atoms with Crippen molar-refractivity contribution in [2.75, 3.05) is 33.8 Å². The Morgan fingerprint density at radius 2 is 1.77 bits per heavy atom. The van der Waals surface area contributed by atoms with E-state index in [4.69, 9.17) is 4.74 Å². The Bertz CT molecular complexity index is 1390. The van der Waals surface area contributed by atoms with Crippen LogP contribution in [-0.4, -0.2) is 75.0 Å². The van der Waals surface area contributed by atoms with Gasteiger partial charge in [-0.05, 0) is 50.7 Å². The first kappa shape index (κ1) is 22.9. The molecule has 1 fully saturated rings. The highest BCUT2D eigenvalue weighted by Crippen LogP contribution is 2.30. The zero-order chi connectivity index (χ0) is 24.6. The Kier molecular flexibility index (Phi) is 5.90. The van der Waals surface area contributed by atoms with Crippen LogP contribution in [0.2, 0.25) is 0 Å². The summed E-state index contributed by atoms with van der Waals surface area (Å²) >= 11 is 0. The molecule has 4 aromatic rings. The minimum atomic E-state index is -0.0749. The summed E-state index contributed by atoms with van der Waals surface area (Å²) in [7, 11) is 3.69. The van der Waals surface area contributed by atoms with Gasteiger partial charge in [-0.25, -0.2) is 15.0 Å². The second-order valence-electron chi connectivity index (χ2n) is 9.47. The second-order valence-corrected chi connectivity index (χ2v) is 9.47. The number of benzene rings is 1. The first-order valence-electron chi connectivity index (χ1n) is 11.6. The molecule has 5 rings (SSSR count). The molecule has 0 N–H and O–H groups in total. The molecule has 1 aliphatic heterocycles. The van der Waals surface area contributed by atoms with Crippen molar-refractivity contribution in [3.8, 4) is 28.3 Å². The summed E-state index contributed by atoms with van der Waals surface area (Å²) in [6.45, 7) is 6.51. The normalized spacial score (nSPS) is 15.8. The summed E-state index contributed by atoms with van der Waals surface area (Å²) in [4.78, 5) is 35.3. The van der Waals surface area contributed by atoms with E-state index >= 15 is 0 Å². The van der Waals surface area contributed by atoms with E-state index in [9.17, 15) is 4.79 Å². The number of rotatable bonds is 4. The highest BCUT2D eigenvalue weighted by Gasteiger charge is 2.33. The van der Waals surface area contributed by atoms with Gasteiger partial charge in [0.1, 0.15) is 6.33 Å². The van der Waals surface area contributed by atoms with Gasteiger partial charge < -0.3 is 9.64 Å². The van der Waals surface area contributed by atoms with Gasteiger partial charge in [-0.15, -0.1) is 0 Å². The third-order valence-electron chi connectivity index (χ3n) is 6.78. The van der Waals surface area contributed by atoms with Gasteiger partial charge in [0.25, 0.3) is 5.91 Å². The zero-order valence-corrected chi connectivity index (χ0v) is 20.4. The average Bonchev–Trinajstić information content (AvgIpc) is 2.89. The molecule has 0 radical (unpaired) electrons. The number of carbonyl (C=O) groups excluding carboxylic acids is 1. The number of fused-ring (bicyclic) bond motifs is 1. The first-order chi connectivity index (χ1) is 16.9. The number of ether oxygens (including phenoxy) is 1. The van der Waals surface area contributed by atoms with Crippen molar-refractivity contribution in [1.82, 2.24) is 29.7 Å². The zero-order valence-electron chi connectivity index (χ0n) is 20.4. The van der Waals surface area contributed by atoms with Gasteiger partial charge in [-0.1, -0.05) is 6.07 Å². The van der Waals surface area contributed by atoms with Crippen LogP contribution in [0.4, 0.5) is 0 Å². The topological polar surface area (TPSA) is 84.3 Å². The van der Waals surface area contributed by atoms with E-state index in [1.165, 1.54) is 0 Å². The summed E-state index contributed by atoms with van der Waals surface area (Å²) in [6.07, 6.45) is 6.70. The number of carbonyl (C=O) groups is 1. The van der Waals surface area contributed by atoms with Gasteiger partial charge in [-0.3, -0.25) is 14.7 Å². The van der Waals surface area contributed by atoms with Gasteiger partial charge in [0.2, 0.25) is 5.88 Å². The van der Waals surface area contributed by atoms with E-state index in [1.54, 1.807) is 32.0 Å². The lowest BCUT2D eigenvalue weighted by Crippen LogP contribution is -2.58. The number of amides is 1. The Morgan fingerprint density at radius 3 is 2.51 bits per heavy atom. The number of piperazine rings is 1. The van der Waals surface area contributed by atoms with E-state index < -0.39 is 0 Å². The summed E-state index contributed by atoms with van der Waals surface area (Å²) in [6, 6.07) is 11.7. The fraction of sp³-hybridized carbons (Fsp3) is 0.296. The number of nitrogens with zero attached hydrogens (tertiary/aromatic N) is 6. The smallest absolute Gasteiger partial charge is 0.255 e. The maximum Gasteiger partial charge on any atom is 0.255 e. The van der Waals surface area contributed by atoms with E-state index in [0.29, 0.717) is 24.5 Å². The highest BCUT2D eigenvalue weighted by atomic mass is 16.5. The molecule has 0 aliphatic carbocycles. The third kappa shape index (κ3) is 4.44. The molecule has 1 aliphatic rings. The standard InChI is InChI=1S/C27H28N6O2/c1-27(2)16-33(10-9-32(27)3)26(34)21-11-20(13-28-14-21)25-22-12-18(5-7-23(22)30-17-31-25)19-6-8-24(35-4)29-15-19/h5-8,11-15,17H,9-10,16H2,1-4H3. The molecule has 4 heterocycles. The summed E-state index contributed by atoms with van der Waals surface area (Å²) in [5.41, 5.74) is 4.77. The molecular weight excluding hydrogens is 440 g/mol. The fourth-order valence-corrected chi connectivity index (χ4v) is 4.42. The van der Waals surface area contributed by atoms with Crippen LogP contribution in [0, 0.1) is 0 Å². The van der Waals surface area contributed by atoms with Gasteiger partial charge in [0, 0.05) is 66.3 Å². The largest absolute Gasteiger partial charge is 0.481 e. The molecule has 178 valence electrons. The predicted molar refractivity (Wildman–Crippen MR) is 135 cm³/mol. The van der Waals surface area contributed by atoms with Gasteiger partial charge in [0.05, 0.1) is 23.9 Å². The molecule has 35 heavy (non-hydrogen) atoms. The second kappa shape index (κ2) is 9.03. The quantitative estimate of drug-likeness (QED) is 0.449. The van der Waals surface area contributed by atoms with E-state index in [0.717, 1.165) is 39.8 Å². The van der Waals surface area contributed by atoms with Crippen LogP contribution in [0.15, 0.2) is 61.3 Å². The van der Waals surface area contributed by atoms with Crippen molar-refractivity contribution in [3.05, 3.63) is 66.9 Å². The maximum absolute atomic E-state index is 13.4. The molecule has 0 spiro atoms. The maximum atomic E-state index is 13.4. The van der Waals surface area contributed by atoms with Crippen molar-refractivity contribution in [3.63, 3.8) is 0 Å². The fourth-order valence-electron chi connectivity index (χ4n) is 4.42. The molecular formula is C27H28N6O2. The predicted octanol–water partition coefficient (Wildman–Crippen LogP) is 3.93. The molecule has 8 heteroatoms. The van der Waals surface area contributed by atoms with Crippen molar-refractivity contribution >= 4 is 16.8 Å². The molecule has 1 aromatic carbocycles. The molecule has 1 saturated heterocycles. The minimum Gasteiger partial charge on any atom is -0.481 e. The van der Waals surface area contributed by atoms with E-state index in [-0.39, 0.29) is 11.4 Å². The number of hydrogen-bond acceptors (Lipinski definition) is 7. The van der Waals surface area contributed by atoms with Crippen LogP contribution < -0.4 is 4.74 Å². The SMILES string of the molecule is COc1ccc(-c2ccc3ncnc(-c4cncc(C(=O)N5CCN(C)C(C)(C)C5)c4)c3c2)cn1. The van der Waals surface area contributed by atoms with Gasteiger partial charge in [-0.2, -0.15) is 0 Å². The van der Waals surface area contributed by atoms with Crippen LogP contribution in [-0.2, 0) is 0 Å². The van der Waals surface area contributed by atoms with Gasteiger partial charge >= 0.3 is 0 Å². The minimum absolute atomic E-state index is 0.0103. The molecule has 1 amide bonds. The molecule has 0 unspecified atom stereocenters. The average molecular weight is 469 g/mol. The van der Waals surface area contributed by atoms with Crippen molar-refractivity contribution in [1.29, 1.82) is 0 Å². The van der Waals surface area contributed by atoms with Crippen molar-refractivity contribution in [2.45, 2.75) is 19.4 Å². The van der Waals surface area contributed by atoms with Crippen molar-refractivity contribution < 1.29 is 9.53 Å². The lowest BCUT2D eigenvalue weighted by atomic mass is 9.98. The Labute approximate surface area is 204 Å². The Hall–Kier alpha value is -3.91. The van der Waals surface area contributed by atoms with Crippen LogP contribution >= 0.6 is 0 Å². The lowest BCUT2D eigenvalue weighted by Gasteiger charge is -2.45. The number of hydrogen-bond donors (Lipinski definition) is 0. The number of likely N-dealkylation sites (N-methyl/N-ethyl adjacent to an activating group) is 1. The summed E-state index contributed by atoms with van der Waals surface area (Å²) < 4.78 is 5.17. The number of methoxy groups -OCH3 is 1. The third-order valence-corrected chi connectivity index (χ3v) is 6.78. The molecule has 3 aromatic heterocycles. The van der Waals surface area contributed by atoms with Crippen LogP contribution in [0.5, 0.6) is 5.88 Å². The van der Waals surface area contributed by atoms with Crippen LogP contribution in [0.3, 0.4) is 0 Å². The monoisotopic (exact) mass is 468 g/mol. The van der Waals surface area contributed by atoms with E-state index in [1.807, 2.05) is 41.3 Å². The molecule has 0 atom stereocenters. The molecule has 0 saturated carbocycles. The first-order valence-corrected chi connectivity index (χ1v) is 11.6. The molecule has 0 bridgehead atoms. The van der Waals surface area contributed by atoms with Crippen LogP contribution in [0.1, 0.15) is 24.2 Å². The number of aromatic nitrogens is 4. The van der Waals surface area contributed by atoms with E-state index in [2.05, 4.69) is 45.7 Å². The highest BCUT2D eigenvalue weighted by molar-refractivity contribution is 5.98. The molecule has 8 nitrogen and oxygen atoms in total.